The van der Waals surface area contributed by atoms with E-state index in [1.807, 2.05) is 0 Å². The van der Waals surface area contributed by atoms with Crippen LogP contribution in [-0.4, -0.2) is 14.1 Å². The summed E-state index contributed by atoms with van der Waals surface area (Å²) in [5.74, 6) is -0.941. The molecule has 0 amide bonds. The Hall–Kier alpha value is -3.04. The summed E-state index contributed by atoms with van der Waals surface area (Å²) in [5, 5.41) is 4.04. The fraction of sp³-hybridized carbons (Fsp3) is 0.105. The summed E-state index contributed by atoms with van der Waals surface area (Å²) < 4.78 is 58.7. The van der Waals surface area contributed by atoms with Gasteiger partial charge in [-0.25, -0.2) is 21.9 Å². The lowest BCUT2D eigenvalue weighted by Gasteiger charge is -2.08. The Balaban J connectivity index is 1.68. The third-order valence-corrected chi connectivity index (χ3v) is 5.29. The number of anilines is 1. The van der Waals surface area contributed by atoms with Gasteiger partial charge in [0.05, 0.1) is 29.1 Å². The lowest BCUT2D eigenvalue weighted by molar-refractivity contribution is 0.498. The number of hydrogen-bond acceptors (Lipinski definition) is 5. The predicted molar refractivity (Wildman–Crippen MR) is 101 cm³/mol. The van der Waals surface area contributed by atoms with Gasteiger partial charge in [0.1, 0.15) is 11.6 Å². The summed E-state index contributed by atoms with van der Waals surface area (Å²) in [6.45, 7) is 1.72. The molecule has 3 rings (SSSR count). The van der Waals surface area contributed by atoms with Crippen LogP contribution in [0.1, 0.15) is 18.2 Å². The second kappa shape index (κ2) is 8.32. The van der Waals surface area contributed by atoms with Gasteiger partial charge < -0.3 is 4.42 Å². The van der Waals surface area contributed by atoms with Crippen molar-refractivity contribution in [3.05, 3.63) is 83.8 Å². The van der Waals surface area contributed by atoms with E-state index in [0.717, 1.165) is 12.1 Å². The smallest absolute Gasteiger partial charge is 0.240 e. The second-order valence-corrected chi connectivity index (χ2v) is 7.63. The zero-order valence-electron chi connectivity index (χ0n) is 14.8. The van der Waals surface area contributed by atoms with E-state index < -0.39 is 21.7 Å². The van der Waals surface area contributed by atoms with Gasteiger partial charge in [-0.1, -0.05) is 12.1 Å². The molecule has 0 atom stereocenters. The van der Waals surface area contributed by atoms with E-state index in [0.29, 0.717) is 17.0 Å². The first-order valence-corrected chi connectivity index (χ1v) is 9.71. The largest absolute Gasteiger partial charge is 0.468 e. The average Bonchev–Trinajstić information content (AvgIpc) is 3.19. The van der Waals surface area contributed by atoms with Crippen molar-refractivity contribution in [3.8, 4) is 0 Å². The van der Waals surface area contributed by atoms with Gasteiger partial charge in [0, 0.05) is 6.07 Å². The van der Waals surface area contributed by atoms with Crippen LogP contribution >= 0.6 is 0 Å². The molecule has 0 saturated heterocycles. The first kappa shape index (κ1) is 19.7. The average molecular weight is 405 g/mol. The topological polar surface area (TPSA) is 83.7 Å². The van der Waals surface area contributed by atoms with Gasteiger partial charge in [-0.2, -0.15) is 5.10 Å². The van der Waals surface area contributed by atoms with Crippen LogP contribution in [0.5, 0.6) is 0 Å². The fourth-order valence-corrected chi connectivity index (χ4v) is 3.32. The highest BCUT2D eigenvalue weighted by Gasteiger charge is 2.14. The van der Waals surface area contributed by atoms with Gasteiger partial charge >= 0.3 is 0 Å². The molecule has 1 heterocycles. The third kappa shape index (κ3) is 4.81. The van der Waals surface area contributed by atoms with Crippen molar-refractivity contribution < 1.29 is 21.6 Å². The number of rotatable bonds is 7. The van der Waals surface area contributed by atoms with Crippen LogP contribution in [0.4, 0.5) is 14.5 Å². The van der Waals surface area contributed by atoms with Gasteiger partial charge in [-0.3, -0.25) is 5.43 Å². The molecule has 2 N–H and O–H groups in total. The van der Waals surface area contributed by atoms with E-state index in [-0.39, 0.29) is 17.1 Å². The molecule has 9 heteroatoms. The molecule has 0 unspecified atom stereocenters. The fourth-order valence-electron chi connectivity index (χ4n) is 2.33. The number of hydrogen-bond donors (Lipinski definition) is 2. The molecule has 0 aliphatic rings. The van der Waals surface area contributed by atoms with E-state index in [2.05, 4.69) is 15.2 Å². The maximum absolute atomic E-state index is 13.6. The molecule has 0 fully saturated rings. The van der Waals surface area contributed by atoms with Gasteiger partial charge in [-0.05, 0) is 48.9 Å². The Morgan fingerprint density at radius 1 is 1.11 bits per heavy atom. The zero-order chi connectivity index (χ0) is 20.1. The highest BCUT2D eigenvalue weighted by Crippen LogP contribution is 2.16. The van der Waals surface area contributed by atoms with E-state index in [1.165, 1.54) is 24.5 Å². The van der Waals surface area contributed by atoms with Crippen molar-refractivity contribution in [3.63, 3.8) is 0 Å². The molecule has 0 saturated carbocycles. The molecule has 3 aromatic rings. The van der Waals surface area contributed by atoms with Crippen molar-refractivity contribution >= 4 is 21.4 Å². The van der Waals surface area contributed by atoms with Crippen LogP contribution in [-0.2, 0) is 16.6 Å². The number of benzene rings is 2. The normalized spacial score (nSPS) is 12.2. The quantitative estimate of drug-likeness (QED) is 0.462. The summed E-state index contributed by atoms with van der Waals surface area (Å²) in [6.07, 6.45) is 1.46. The molecular weight excluding hydrogens is 388 g/mol. The van der Waals surface area contributed by atoms with E-state index in [9.17, 15) is 17.2 Å². The summed E-state index contributed by atoms with van der Waals surface area (Å²) in [7, 11) is -3.69. The maximum Gasteiger partial charge on any atom is 0.240 e. The van der Waals surface area contributed by atoms with Crippen molar-refractivity contribution in [1.29, 1.82) is 0 Å². The molecule has 0 spiro atoms. The van der Waals surface area contributed by atoms with E-state index >= 15 is 0 Å². The Morgan fingerprint density at radius 2 is 1.86 bits per heavy atom. The Bertz CT molecular complexity index is 1080. The lowest BCUT2D eigenvalue weighted by atomic mass is 10.1. The summed E-state index contributed by atoms with van der Waals surface area (Å²) in [4.78, 5) is 0.0909. The van der Waals surface area contributed by atoms with Crippen LogP contribution in [0.25, 0.3) is 0 Å². The zero-order valence-corrected chi connectivity index (χ0v) is 15.6. The molecule has 0 aliphatic carbocycles. The minimum Gasteiger partial charge on any atom is -0.468 e. The molecule has 0 radical (unpaired) electrons. The lowest BCUT2D eigenvalue weighted by Crippen LogP contribution is -2.23. The van der Waals surface area contributed by atoms with Gasteiger partial charge in [0.15, 0.2) is 5.82 Å². The number of halogens is 2. The molecule has 0 bridgehead atoms. The maximum atomic E-state index is 13.6. The highest BCUT2D eigenvalue weighted by atomic mass is 32.2. The summed E-state index contributed by atoms with van der Waals surface area (Å²) in [6, 6.07) is 12.5. The van der Waals surface area contributed by atoms with Crippen molar-refractivity contribution in [1.82, 2.24) is 4.72 Å². The van der Waals surface area contributed by atoms with Crippen LogP contribution in [0.2, 0.25) is 0 Å². The van der Waals surface area contributed by atoms with Gasteiger partial charge in [0.25, 0.3) is 0 Å². The van der Waals surface area contributed by atoms with E-state index in [4.69, 9.17) is 4.42 Å². The Labute approximate surface area is 160 Å². The van der Waals surface area contributed by atoms with Crippen molar-refractivity contribution in [2.75, 3.05) is 5.43 Å². The Morgan fingerprint density at radius 3 is 2.50 bits per heavy atom. The molecule has 1 aromatic heterocycles. The van der Waals surface area contributed by atoms with Crippen LogP contribution < -0.4 is 10.1 Å². The summed E-state index contributed by atoms with van der Waals surface area (Å²) in [5.41, 5.74) is 3.69. The van der Waals surface area contributed by atoms with E-state index in [1.54, 1.807) is 31.2 Å². The molecule has 2 aromatic carbocycles. The standard InChI is InChI=1S/C19H17F2N3O3S/c1-13(23-24-19-9-6-15(20)11-18(19)21)14-4-7-17(8-5-14)28(25,26)22-12-16-3-2-10-27-16/h2-11,22,24H,12H2,1H3/b23-13-. The highest BCUT2D eigenvalue weighted by molar-refractivity contribution is 7.89. The van der Waals surface area contributed by atoms with Crippen LogP contribution in [0.15, 0.2) is 75.3 Å². The summed E-state index contributed by atoms with van der Waals surface area (Å²) >= 11 is 0. The molecule has 6 nitrogen and oxygen atoms in total. The van der Waals surface area contributed by atoms with Crippen LogP contribution in [0, 0.1) is 11.6 Å². The Kier molecular flexibility index (Phi) is 5.86. The molecular formula is C19H17F2N3O3S. The minimum atomic E-state index is -3.69. The monoisotopic (exact) mass is 405 g/mol. The SMILES string of the molecule is C/C(=N/Nc1ccc(F)cc1F)c1ccc(S(=O)(=O)NCc2ccco2)cc1. The van der Waals surface area contributed by atoms with Crippen LogP contribution in [0.3, 0.4) is 0 Å². The predicted octanol–water partition coefficient (Wildman–Crippen LogP) is 3.87. The first-order chi connectivity index (χ1) is 13.3. The number of hydrazone groups is 1. The molecule has 146 valence electrons. The second-order valence-electron chi connectivity index (χ2n) is 5.86. The first-order valence-electron chi connectivity index (χ1n) is 8.23. The molecule has 0 aliphatic heterocycles. The molecule has 28 heavy (non-hydrogen) atoms. The number of nitrogens with zero attached hydrogens (tertiary/aromatic N) is 1. The van der Waals surface area contributed by atoms with Crippen molar-refractivity contribution in [2.24, 2.45) is 5.10 Å². The minimum absolute atomic E-state index is 0.0297. The number of sulfonamides is 1. The van der Waals surface area contributed by atoms with Crippen molar-refractivity contribution in [2.45, 2.75) is 18.4 Å². The third-order valence-electron chi connectivity index (χ3n) is 3.87. The number of furan rings is 1. The number of nitrogens with one attached hydrogen (secondary N) is 2. The van der Waals surface area contributed by atoms with Gasteiger partial charge in [0.2, 0.25) is 10.0 Å². The van der Waals surface area contributed by atoms with Gasteiger partial charge in [-0.15, -0.1) is 0 Å².